The van der Waals surface area contributed by atoms with Gasteiger partial charge in [-0.1, -0.05) is 12.1 Å². The van der Waals surface area contributed by atoms with E-state index in [1.807, 2.05) is 0 Å². The zero-order chi connectivity index (χ0) is 11.5. The average Bonchev–Trinajstić information content (AvgIpc) is 2.28. The number of benzene rings is 1. The van der Waals surface area contributed by atoms with Crippen molar-refractivity contribution in [2.75, 3.05) is 0 Å². The summed E-state index contributed by atoms with van der Waals surface area (Å²) in [6.45, 7) is 0.248. The van der Waals surface area contributed by atoms with Crippen molar-refractivity contribution in [1.29, 1.82) is 0 Å². The topological polar surface area (TPSA) is 34.9 Å². The molecule has 16 heavy (non-hydrogen) atoms. The second-order valence-electron chi connectivity index (χ2n) is 3.23. The lowest BCUT2D eigenvalue weighted by atomic mass is 10.2. The van der Waals surface area contributed by atoms with Crippen LogP contribution in [0.5, 0.6) is 0 Å². The van der Waals surface area contributed by atoms with Crippen LogP contribution in [-0.2, 0) is 6.54 Å². The number of hydrogen-bond donors (Lipinski definition) is 0. The van der Waals surface area contributed by atoms with Gasteiger partial charge in [0.05, 0.1) is 11.0 Å². The molecule has 1 aromatic carbocycles. The summed E-state index contributed by atoms with van der Waals surface area (Å²) < 4.78 is 14.9. The van der Waals surface area contributed by atoms with E-state index in [4.69, 9.17) is 0 Å². The number of halogens is 2. The Kier molecular flexibility index (Phi) is 3.14. The van der Waals surface area contributed by atoms with Crippen LogP contribution in [0.15, 0.2) is 45.8 Å². The Morgan fingerprint density at radius 1 is 1.31 bits per heavy atom. The number of nitrogens with zero attached hydrogens (tertiary/aromatic N) is 2. The Hall–Kier alpha value is -1.49. The van der Waals surface area contributed by atoms with Crippen LogP contribution in [0.2, 0.25) is 0 Å². The molecule has 0 radical (unpaired) electrons. The fourth-order valence-electron chi connectivity index (χ4n) is 1.34. The summed E-state index contributed by atoms with van der Waals surface area (Å²) in [7, 11) is 0. The summed E-state index contributed by atoms with van der Waals surface area (Å²) in [6.07, 6.45) is 1.52. The van der Waals surface area contributed by atoms with E-state index >= 15 is 0 Å². The van der Waals surface area contributed by atoms with Crippen molar-refractivity contribution in [3.63, 3.8) is 0 Å². The van der Waals surface area contributed by atoms with Crippen molar-refractivity contribution < 1.29 is 4.39 Å². The zero-order valence-corrected chi connectivity index (χ0v) is 9.82. The van der Waals surface area contributed by atoms with Crippen molar-refractivity contribution >= 4 is 15.9 Å². The third-order valence-corrected chi connectivity index (χ3v) is 3.03. The lowest BCUT2D eigenvalue weighted by Crippen LogP contribution is -2.21. The maximum Gasteiger partial charge on any atom is 0.267 e. The highest BCUT2D eigenvalue weighted by Crippen LogP contribution is 2.20. The number of hydrogen-bond acceptors (Lipinski definition) is 2. The van der Waals surface area contributed by atoms with Crippen LogP contribution in [-0.4, -0.2) is 9.78 Å². The van der Waals surface area contributed by atoms with E-state index in [2.05, 4.69) is 21.0 Å². The first-order valence-corrected chi connectivity index (χ1v) is 5.43. The standard InChI is InChI=1S/C11H8BrFN2O/c12-11-8(3-1-4-9(11)13)7-15-10(16)5-2-6-14-15/h1-6H,7H2. The van der Waals surface area contributed by atoms with Gasteiger partial charge < -0.3 is 0 Å². The molecule has 1 aromatic heterocycles. The van der Waals surface area contributed by atoms with Crippen LogP contribution in [0.1, 0.15) is 5.56 Å². The van der Waals surface area contributed by atoms with Crippen LogP contribution in [0.25, 0.3) is 0 Å². The minimum absolute atomic E-state index is 0.210. The minimum atomic E-state index is -0.346. The first-order chi connectivity index (χ1) is 7.68. The fraction of sp³-hybridized carbons (Fsp3) is 0.0909. The van der Waals surface area contributed by atoms with Crippen LogP contribution in [0, 0.1) is 5.82 Å². The largest absolute Gasteiger partial charge is 0.268 e. The second kappa shape index (κ2) is 4.57. The van der Waals surface area contributed by atoms with Gasteiger partial charge in [0.25, 0.3) is 5.56 Å². The zero-order valence-electron chi connectivity index (χ0n) is 8.23. The molecule has 0 aliphatic heterocycles. The summed E-state index contributed by atoms with van der Waals surface area (Å²) in [5, 5.41) is 3.91. The van der Waals surface area contributed by atoms with Gasteiger partial charge in [0, 0.05) is 12.3 Å². The molecule has 0 bridgehead atoms. The lowest BCUT2D eigenvalue weighted by Gasteiger charge is -2.06. The first-order valence-electron chi connectivity index (χ1n) is 4.63. The van der Waals surface area contributed by atoms with Crippen LogP contribution in [0.3, 0.4) is 0 Å². The maximum atomic E-state index is 13.2. The fourth-order valence-corrected chi connectivity index (χ4v) is 1.73. The van der Waals surface area contributed by atoms with Gasteiger partial charge in [-0.3, -0.25) is 4.79 Å². The van der Waals surface area contributed by atoms with Gasteiger partial charge in [0.2, 0.25) is 0 Å². The molecule has 0 spiro atoms. The Morgan fingerprint density at radius 2 is 2.12 bits per heavy atom. The van der Waals surface area contributed by atoms with Crippen molar-refractivity contribution in [2.24, 2.45) is 0 Å². The molecule has 5 heteroatoms. The smallest absolute Gasteiger partial charge is 0.267 e. The van der Waals surface area contributed by atoms with Crippen LogP contribution >= 0.6 is 15.9 Å². The molecule has 0 saturated heterocycles. The highest BCUT2D eigenvalue weighted by Gasteiger charge is 2.06. The highest BCUT2D eigenvalue weighted by atomic mass is 79.9. The molecule has 0 N–H and O–H groups in total. The van der Waals surface area contributed by atoms with E-state index in [0.29, 0.717) is 10.0 Å². The van der Waals surface area contributed by atoms with Gasteiger partial charge >= 0.3 is 0 Å². The molecular weight excluding hydrogens is 275 g/mol. The van der Waals surface area contributed by atoms with Crippen molar-refractivity contribution in [3.8, 4) is 0 Å². The SMILES string of the molecule is O=c1cccnn1Cc1cccc(F)c1Br. The third-order valence-electron chi connectivity index (χ3n) is 2.14. The number of rotatable bonds is 2. The predicted octanol–water partition coefficient (Wildman–Crippen LogP) is 2.19. The lowest BCUT2D eigenvalue weighted by molar-refractivity contribution is 0.603. The van der Waals surface area contributed by atoms with Crippen LogP contribution < -0.4 is 5.56 Å². The van der Waals surface area contributed by atoms with E-state index < -0.39 is 0 Å². The molecule has 0 saturated carbocycles. The van der Waals surface area contributed by atoms with Crippen molar-refractivity contribution in [3.05, 3.63) is 62.7 Å². The van der Waals surface area contributed by atoms with Gasteiger partial charge in [-0.2, -0.15) is 5.10 Å². The van der Waals surface area contributed by atoms with Gasteiger partial charge in [0.15, 0.2) is 0 Å². The van der Waals surface area contributed by atoms with Crippen molar-refractivity contribution in [2.45, 2.75) is 6.54 Å². The average molecular weight is 283 g/mol. The molecule has 2 aromatic rings. The molecule has 0 fully saturated rings. The molecule has 0 atom stereocenters. The molecule has 1 heterocycles. The Morgan fingerprint density at radius 3 is 2.88 bits per heavy atom. The van der Waals surface area contributed by atoms with Gasteiger partial charge in [0.1, 0.15) is 5.82 Å². The predicted molar refractivity (Wildman–Crippen MR) is 61.7 cm³/mol. The van der Waals surface area contributed by atoms with Crippen LogP contribution in [0.4, 0.5) is 4.39 Å². The normalized spacial score (nSPS) is 10.4. The van der Waals surface area contributed by atoms with Gasteiger partial charge in [-0.25, -0.2) is 9.07 Å². The Labute approximate surface area is 99.7 Å². The molecule has 82 valence electrons. The second-order valence-corrected chi connectivity index (χ2v) is 4.03. The quantitative estimate of drug-likeness (QED) is 0.846. The minimum Gasteiger partial charge on any atom is -0.268 e. The Balaban J connectivity index is 2.38. The van der Waals surface area contributed by atoms with E-state index in [1.165, 1.54) is 23.0 Å². The molecule has 0 aliphatic carbocycles. The maximum absolute atomic E-state index is 13.2. The molecule has 3 nitrogen and oxygen atoms in total. The summed E-state index contributed by atoms with van der Waals surface area (Å²) >= 11 is 3.14. The molecular formula is C11H8BrFN2O. The number of aromatic nitrogens is 2. The summed E-state index contributed by atoms with van der Waals surface area (Å²) in [5.41, 5.74) is 0.472. The van der Waals surface area contributed by atoms with Gasteiger partial charge in [-0.05, 0) is 33.6 Å². The van der Waals surface area contributed by atoms with Gasteiger partial charge in [-0.15, -0.1) is 0 Å². The summed E-state index contributed by atoms with van der Waals surface area (Å²) in [6, 6.07) is 7.69. The molecule has 2 rings (SSSR count). The van der Waals surface area contributed by atoms with E-state index in [0.717, 1.165) is 0 Å². The third kappa shape index (κ3) is 2.19. The molecule has 0 amide bonds. The van der Waals surface area contributed by atoms with E-state index in [1.54, 1.807) is 18.2 Å². The molecule has 0 unspecified atom stereocenters. The Bertz CT molecular complexity index is 568. The summed E-state index contributed by atoms with van der Waals surface area (Å²) in [4.78, 5) is 11.4. The highest BCUT2D eigenvalue weighted by molar-refractivity contribution is 9.10. The monoisotopic (exact) mass is 282 g/mol. The first kappa shape index (κ1) is 11.0. The van der Waals surface area contributed by atoms with E-state index in [9.17, 15) is 9.18 Å². The van der Waals surface area contributed by atoms with E-state index in [-0.39, 0.29) is 17.9 Å². The molecule has 0 aliphatic rings. The van der Waals surface area contributed by atoms with Crippen molar-refractivity contribution in [1.82, 2.24) is 9.78 Å². The summed E-state index contributed by atoms with van der Waals surface area (Å²) in [5.74, 6) is -0.346.